The Hall–Kier alpha value is -2.37. The molecule has 0 fully saturated rings. The average Bonchev–Trinajstić information content (AvgIpc) is 2.40. The van der Waals surface area contributed by atoms with Crippen molar-refractivity contribution in [1.82, 2.24) is 0 Å². The van der Waals surface area contributed by atoms with Gasteiger partial charge in [-0.25, -0.2) is 14.0 Å². The van der Waals surface area contributed by atoms with Crippen LogP contribution >= 0.6 is 0 Å². The van der Waals surface area contributed by atoms with Gasteiger partial charge < -0.3 is 14.8 Å². The van der Waals surface area contributed by atoms with Gasteiger partial charge in [0.25, 0.3) is 0 Å². The number of esters is 2. The maximum atomic E-state index is 13.2. The van der Waals surface area contributed by atoms with E-state index in [1.54, 1.807) is 13.8 Å². The van der Waals surface area contributed by atoms with Gasteiger partial charge in [-0.05, 0) is 37.1 Å². The molecule has 5 nitrogen and oxygen atoms in total. The zero-order valence-electron chi connectivity index (χ0n) is 11.7. The van der Waals surface area contributed by atoms with Crippen molar-refractivity contribution in [2.75, 3.05) is 19.5 Å². The second-order valence-electron chi connectivity index (χ2n) is 4.11. The molecule has 0 saturated carbocycles. The van der Waals surface area contributed by atoms with E-state index in [2.05, 4.69) is 14.8 Å². The SMILES string of the molecule is COC(=O)/C=C(/Nc1c(C)cc(F)cc1C)C(=O)OC. The van der Waals surface area contributed by atoms with E-state index in [0.717, 1.165) is 6.08 Å². The molecule has 1 aromatic rings. The fourth-order valence-corrected chi connectivity index (χ4v) is 1.68. The van der Waals surface area contributed by atoms with Gasteiger partial charge in [0.05, 0.1) is 20.3 Å². The standard InChI is InChI=1S/C14H16FNO4/c1-8-5-10(15)6-9(2)13(8)16-11(14(18)20-4)7-12(17)19-3/h5-7,16H,1-4H3/b11-7+. The molecule has 108 valence electrons. The van der Waals surface area contributed by atoms with Crippen molar-refractivity contribution in [3.63, 3.8) is 0 Å². The summed E-state index contributed by atoms with van der Waals surface area (Å²) in [5, 5.41) is 2.78. The summed E-state index contributed by atoms with van der Waals surface area (Å²) in [6.45, 7) is 3.37. The average molecular weight is 281 g/mol. The van der Waals surface area contributed by atoms with Gasteiger partial charge in [-0.15, -0.1) is 0 Å². The minimum absolute atomic E-state index is 0.0860. The largest absolute Gasteiger partial charge is 0.466 e. The lowest BCUT2D eigenvalue weighted by Crippen LogP contribution is -2.16. The van der Waals surface area contributed by atoms with Crippen molar-refractivity contribution in [3.8, 4) is 0 Å². The Morgan fingerprint density at radius 3 is 2.15 bits per heavy atom. The Morgan fingerprint density at radius 2 is 1.70 bits per heavy atom. The van der Waals surface area contributed by atoms with Crippen LogP contribution in [0.1, 0.15) is 11.1 Å². The monoisotopic (exact) mass is 281 g/mol. The van der Waals surface area contributed by atoms with E-state index in [1.165, 1.54) is 26.4 Å². The second-order valence-corrected chi connectivity index (χ2v) is 4.11. The molecule has 0 aliphatic carbocycles. The summed E-state index contributed by atoms with van der Waals surface area (Å²) >= 11 is 0. The summed E-state index contributed by atoms with van der Waals surface area (Å²) in [6, 6.07) is 2.64. The van der Waals surface area contributed by atoms with Gasteiger partial charge in [0.2, 0.25) is 0 Å². The van der Waals surface area contributed by atoms with Crippen molar-refractivity contribution < 1.29 is 23.5 Å². The predicted molar refractivity (Wildman–Crippen MR) is 71.6 cm³/mol. The van der Waals surface area contributed by atoms with Crippen molar-refractivity contribution in [2.24, 2.45) is 0 Å². The summed E-state index contributed by atoms with van der Waals surface area (Å²) in [5.41, 5.74) is 1.65. The quantitative estimate of drug-likeness (QED) is 0.676. The van der Waals surface area contributed by atoms with Crippen LogP contribution in [-0.2, 0) is 19.1 Å². The van der Waals surface area contributed by atoms with Crippen LogP contribution in [-0.4, -0.2) is 26.2 Å². The molecule has 1 aromatic carbocycles. The molecule has 0 saturated heterocycles. The molecule has 1 rings (SSSR count). The summed E-state index contributed by atoms with van der Waals surface area (Å²) in [6.07, 6.45) is 0.980. The van der Waals surface area contributed by atoms with Crippen molar-refractivity contribution in [2.45, 2.75) is 13.8 Å². The zero-order chi connectivity index (χ0) is 15.3. The van der Waals surface area contributed by atoms with Gasteiger partial charge in [-0.2, -0.15) is 0 Å². The number of anilines is 1. The molecule has 0 unspecified atom stereocenters. The first-order valence-electron chi connectivity index (χ1n) is 5.80. The molecular formula is C14H16FNO4. The van der Waals surface area contributed by atoms with Crippen LogP contribution in [0.15, 0.2) is 23.9 Å². The molecule has 0 spiro atoms. The number of methoxy groups -OCH3 is 2. The minimum Gasteiger partial charge on any atom is -0.466 e. The number of hydrogen-bond donors (Lipinski definition) is 1. The third-order valence-electron chi connectivity index (χ3n) is 2.63. The number of nitrogens with one attached hydrogen (secondary N) is 1. The number of ether oxygens (including phenoxy) is 2. The molecule has 0 atom stereocenters. The first-order valence-corrected chi connectivity index (χ1v) is 5.80. The fraction of sp³-hybridized carbons (Fsp3) is 0.286. The number of rotatable bonds is 4. The summed E-state index contributed by atoms with van der Waals surface area (Å²) in [5.74, 6) is -1.80. The summed E-state index contributed by atoms with van der Waals surface area (Å²) < 4.78 is 22.3. The first-order chi connectivity index (χ1) is 9.38. The summed E-state index contributed by atoms with van der Waals surface area (Å²) in [4.78, 5) is 22.9. The van der Waals surface area contributed by atoms with Crippen LogP contribution in [0.2, 0.25) is 0 Å². The minimum atomic E-state index is -0.724. The molecule has 0 bridgehead atoms. The molecular weight excluding hydrogens is 265 g/mol. The molecule has 0 radical (unpaired) electrons. The van der Waals surface area contributed by atoms with Gasteiger partial charge in [0.15, 0.2) is 0 Å². The van der Waals surface area contributed by atoms with Crippen LogP contribution < -0.4 is 5.32 Å². The fourth-order valence-electron chi connectivity index (χ4n) is 1.68. The van der Waals surface area contributed by atoms with Gasteiger partial charge in [-0.1, -0.05) is 0 Å². The zero-order valence-corrected chi connectivity index (χ0v) is 11.7. The highest BCUT2D eigenvalue weighted by Gasteiger charge is 2.15. The highest BCUT2D eigenvalue weighted by Crippen LogP contribution is 2.23. The second kappa shape index (κ2) is 6.70. The van der Waals surface area contributed by atoms with Crippen molar-refractivity contribution in [3.05, 3.63) is 40.8 Å². The van der Waals surface area contributed by atoms with E-state index >= 15 is 0 Å². The van der Waals surface area contributed by atoms with Crippen molar-refractivity contribution in [1.29, 1.82) is 0 Å². The molecule has 0 aliphatic heterocycles. The van der Waals surface area contributed by atoms with E-state index in [4.69, 9.17) is 0 Å². The Bertz CT molecular complexity index is 543. The number of carbonyl (C=O) groups excluding carboxylic acids is 2. The van der Waals surface area contributed by atoms with Crippen LogP contribution in [0.5, 0.6) is 0 Å². The molecule has 1 N–H and O–H groups in total. The van der Waals surface area contributed by atoms with E-state index in [0.29, 0.717) is 16.8 Å². The lowest BCUT2D eigenvalue weighted by Gasteiger charge is -2.14. The molecule has 0 aliphatic rings. The van der Waals surface area contributed by atoms with Gasteiger partial charge in [0.1, 0.15) is 11.5 Å². The summed E-state index contributed by atoms with van der Waals surface area (Å²) in [7, 11) is 2.39. The van der Waals surface area contributed by atoms with Crippen LogP contribution in [0.4, 0.5) is 10.1 Å². The Kier molecular flexibility index (Phi) is 5.25. The van der Waals surface area contributed by atoms with E-state index in [1.807, 2.05) is 0 Å². The number of benzene rings is 1. The van der Waals surface area contributed by atoms with Gasteiger partial charge >= 0.3 is 11.9 Å². The molecule has 20 heavy (non-hydrogen) atoms. The number of halogens is 1. The molecule has 0 amide bonds. The number of hydrogen-bond acceptors (Lipinski definition) is 5. The van der Waals surface area contributed by atoms with Crippen LogP contribution in [0.3, 0.4) is 0 Å². The number of aryl methyl sites for hydroxylation is 2. The molecule has 0 aromatic heterocycles. The highest BCUT2D eigenvalue weighted by atomic mass is 19.1. The molecule has 6 heteroatoms. The highest BCUT2D eigenvalue weighted by molar-refractivity contribution is 5.99. The normalized spacial score (nSPS) is 10.9. The molecule has 0 heterocycles. The van der Waals surface area contributed by atoms with Gasteiger partial charge in [0, 0.05) is 5.69 Å². The topological polar surface area (TPSA) is 64.6 Å². The van der Waals surface area contributed by atoms with E-state index in [-0.39, 0.29) is 11.5 Å². The van der Waals surface area contributed by atoms with Crippen molar-refractivity contribution >= 4 is 17.6 Å². The lowest BCUT2D eigenvalue weighted by molar-refractivity contribution is -0.138. The smallest absolute Gasteiger partial charge is 0.354 e. The third kappa shape index (κ3) is 3.81. The third-order valence-corrected chi connectivity index (χ3v) is 2.63. The van der Waals surface area contributed by atoms with E-state index < -0.39 is 11.9 Å². The van der Waals surface area contributed by atoms with E-state index in [9.17, 15) is 14.0 Å². The number of carbonyl (C=O) groups is 2. The van der Waals surface area contributed by atoms with Crippen LogP contribution in [0, 0.1) is 19.7 Å². The predicted octanol–water partition coefficient (Wildman–Crippen LogP) is 2.08. The lowest BCUT2D eigenvalue weighted by atomic mass is 10.1. The van der Waals surface area contributed by atoms with Gasteiger partial charge in [-0.3, -0.25) is 0 Å². The Morgan fingerprint density at radius 1 is 1.15 bits per heavy atom. The Balaban J connectivity index is 3.17. The maximum absolute atomic E-state index is 13.2. The Labute approximate surface area is 116 Å². The van der Waals surface area contributed by atoms with Crippen LogP contribution in [0.25, 0.3) is 0 Å². The maximum Gasteiger partial charge on any atom is 0.354 e. The first kappa shape index (κ1) is 15.7.